The predicted molar refractivity (Wildman–Crippen MR) is 56.6 cm³/mol. The summed E-state index contributed by atoms with van der Waals surface area (Å²) in [5, 5.41) is 0. The molecule has 0 aromatic heterocycles. The van der Waals surface area contributed by atoms with Crippen LogP contribution in [0.3, 0.4) is 0 Å². The lowest BCUT2D eigenvalue weighted by Gasteiger charge is -2.28. The van der Waals surface area contributed by atoms with E-state index in [2.05, 4.69) is 0 Å². The molecule has 2 aliphatic carbocycles. The third kappa shape index (κ3) is 2.11. The average Bonchev–Trinajstić information content (AvgIpc) is 2.70. The first-order chi connectivity index (χ1) is 6.44. The lowest BCUT2D eigenvalue weighted by Crippen LogP contribution is -2.31. The van der Waals surface area contributed by atoms with E-state index in [9.17, 15) is 8.42 Å². The molecule has 3 nitrogen and oxygen atoms in total. The lowest BCUT2D eigenvalue weighted by molar-refractivity contribution is 0.265. The highest BCUT2D eigenvalue weighted by Crippen LogP contribution is 2.60. The van der Waals surface area contributed by atoms with Crippen LogP contribution in [0.1, 0.15) is 25.7 Å². The Balaban J connectivity index is 1.94. The van der Waals surface area contributed by atoms with Gasteiger partial charge in [0.25, 0.3) is 0 Å². The van der Waals surface area contributed by atoms with Crippen LogP contribution < -0.4 is 5.73 Å². The number of hydrogen-bond acceptors (Lipinski definition) is 3. The van der Waals surface area contributed by atoms with Gasteiger partial charge in [0.05, 0.1) is 5.75 Å². The molecule has 2 rings (SSSR count). The second-order valence-corrected chi connectivity index (χ2v) is 7.51. The van der Waals surface area contributed by atoms with Crippen molar-refractivity contribution in [1.82, 2.24) is 0 Å². The van der Waals surface area contributed by atoms with E-state index in [1.807, 2.05) is 0 Å². The van der Waals surface area contributed by atoms with Gasteiger partial charge < -0.3 is 5.73 Å². The number of fused-ring (bicyclic) bond motifs is 1. The molecule has 2 saturated carbocycles. The van der Waals surface area contributed by atoms with Crippen molar-refractivity contribution in [2.45, 2.75) is 25.7 Å². The van der Waals surface area contributed by atoms with E-state index in [1.54, 1.807) is 0 Å². The molecule has 2 fully saturated rings. The zero-order chi connectivity index (χ0) is 10.4. The first-order valence-electron chi connectivity index (χ1n) is 5.32. The summed E-state index contributed by atoms with van der Waals surface area (Å²) in [4.78, 5) is 0. The first-order valence-corrected chi connectivity index (χ1v) is 7.38. The fourth-order valence-corrected chi connectivity index (χ4v) is 3.68. The van der Waals surface area contributed by atoms with Crippen molar-refractivity contribution in [3.63, 3.8) is 0 Å². The number of hydrogen-bond donors (Lipinski definition) is 1. The molecule has 0 saturated heterocycles. The van der Waals surface area contributed by atoms with E-state index >= 15 is 0 Å². The monoisotopic (exact) mass is 217 g/mol. The Bertz CT molecular complexity index is 313. The maximum atomic E-state index is 11.1. The van der Waals surface area contributed by atoms with Crippen molar-refractivity contribution in [3.05, 3.63) is 0 Å². The van der Waals surface area contributed by atoms with Gasteiger partial charge in [-0.15, -0.1) is 0 Å². The molecule has 0 aromatic carbocycles. The lowest BCUT2D eigenvalue weighted by atomic mass is 9.80. The maximum absolute atomic E-state index is 11.1. The van der Waals surface area contributed by atoms with Crippen LogP contribution >= 0.6 is 0 Å². The average molecular weight is 217 g/mol. The van der Waals surface area contributed by atoms with E-state index in [0.29, 0.717) is 12.3 Å². The van der Waals surface area contributed by atoms with Crippen LogP contribution in [0.15, 0.2) is 0 Å². The third-order valence-corrected chi connectivity index (χ3v) is 4.84. The smallest absolute Gasteiger partial charge is 0.147 e. The van der Waals surface area contributed by atoms with Gasteiger partial charge in [-0.2, -0.15) is 0 Å². The summed E-state index contributed by atoms with van der Waals surface area (Å²) >= 11 is 0. The summed E-state index contributed by atoms with van der Waals surface area (Å²) in [5.74, 6) is 2.06. The van der Waals surface area contributed by atoms with E-state index in [1.165, 1.54) is 25.5 Å². The van der Waals surface area contributed by atoms with Gasteiger partial charge in [-0.1, -0.05) is 0 Å². The van der Waals surface area contributed by atoms with E-state index in [4.69, 9.17) is 5.73 Å². The highest BCUT2D eigenvalue weighted by atomic mass is 32.2. The van der Waals surface area contributed by atoms with Crippen molar-refractivity contribution in [1.29, 1.82) is 0 Å². The zero-order valence-corrected chi connectivity index (χ0v) is 9.52. The fraction of sp³-hybridized carbons (Fsp3) is 1.00. The van der Waals surface area contributed by atoms with Gasteiger partial charge in [0.2, 0.25) is 0 Å². The van der Waals surface area contributed by atoms with Crippen LogP contribution in [0.25, 0.3) is 0 Å². The molecule has 0 bridgehead atoms. The van der Waals surface area contributed by atoms with E-state index < -0.39 is 9.84 Å². The molecule has 0 amide bonds. The van der Waals surface area contributed by atoms with Crippen molar-refractivity contribution >= 4 is 9.84 Å². The summed E-state index contributed by atoms with van der Waals surface area (Å²) in [7, 11) is -2.82. The highest BCUT2D eigenvalue weighted by Gasteiger charge is 2.52. The minimum Gasteiger partial charge on any atom is -0.330 e. The van der Waals surface area contributed by atoms with Crippen LogP contribution in [0.4, 0.5) is 0 Å². The van der Waals surface area contributed by atoms with Crippen molar-refractivity contribution in [2.24, 2.45) is 23.0 Å². The van der Waals surface area contributed by atoms with Crippen LogP contribution in [-0.2, 0) is 9.84 Å². The molecule has 0 spiro atoms. The molecule has 82 valence electrons. The second-order valence-electron chi connectivity index (χ2n) is 5.25. The topological polar surface area (TPSA) is 60.2 Å². The molecule has 2 atom stereocenters. The minimum atomic E-state index is -2.82. The van der Waals surface area contributed by atoms with Gasteiger partial charge in [-0.25, -0.2) is 8.42 Å². The SMILES string of the molecule is CS(=O)(=O)CCC1(CN)CC2CC2C1. The molecule has 0 heterocycles. The maximum Gasteiger partial charge on any atom is 0.147 e. The summed E-state index contributed by atoms with van der Waals surface area (Å²) in [5.41, 5.74) is 5.95. The Hall–Kier alpha value is -0.0900. The van der Waals surface area contributed by atoms with Gasteiger partial charge in [0, 0.05) is 6.26 Å². The predicted octanol–water partition coefficient (Wildman–Crippen LogP) is 0.796. The third-order valence-electron chi connectivity index (χ3n) is 3.90. The molecule has 4 heteroatoms. The molecular formula is C10H19NO2S. The summed E-state index contributed by atoms with van der Waals surface area (Å²) in [6, 6.07) is 0. The minimum absolute atomic E-state index is 0.163. The van der Waals surface area contributed by atoms with Gasteiger partial charge in [-0.3, -0.25) is 0 Å². The van der Waals surface area contributed by atoms with E-state index in [0.717, 1.165) is 18.3 Å². The Labute approximate surface area is 86.0 Å². The number of nitrogens with two attached hydrogens (primary N) is 1. The van der Waals surface area contributed by atoms with Gasteiger partial charge in [0.1, 0.15) is 9.84 Å². The molecule has 0 aromatic rings. The van der Waals surface area contributed by atoms with Crippen LogP contribution in [0.5, 0.6) is 0 Å². The Morgan fingerprint density at radius 1 is 1.36 bits per heavy atom. The molecule has 0 aliphatic heterocycles. The number of sulfone groups is 1. The Kier molecular flexibility index (Phi) is 2.39. The van der Waals surface area contributed by atoms with E-state index in [-0.39, 0.29) is 5.41 Å². The number of rotatable bonds is 4. The standard InChI is InChI=1S/C10H19NO2S/c1-14(12,13)3-2-10(7-11)5-8-4-9(8)6-10/h8-9H,2-7,11H2,1H3. The zero-order valence-electron chi connectivity index (χ0n) is 8.70. The van der Waals surface area contributed by atoms with Crippen LogP contribution in [0.2, 0.25) is 0 Å². The van der Waals surface area contributed by atoms with Crippen molar-refractivity contribution in [3.8, 4) is 0 Å². The Morgan fingerprint density at radius 3 is 2.36 bits per heavy atom. The molecular weight excluding hydrogens is 198 g/mol. The molecule has 2 unspecified atom stereocenters. The summed E-state index contributed by atoms with van der Waals surface area (Å²) < 4.78 is 22.2. The van der Waals surface area contributed by atoms with Gasteiger partial charge in [-0.05, 0) is 49.5 Å². The van der Waals surface area contributed by atoms with Crippen molar-refractivity contribution < 1.29 is 8.42 Å². The highest BCUT2D eigenvalue weighted by molar-refractivity contribution is 7.90. The summed E-state index contributed by atoms with van der Waals surface area (Å²) in [6.45, 7) is 0.662. The second kappa shape index (κ2) is 3.20. The first kappa shape index (κ1) is 10.4. The molecule has 2 N–H and O–H groups in total. The molecule has 14 heavy (non-hydrogen) atoms. The Morgan fingerprint density at radius 2 is 1.93 bits per heavy atom. The fourth-order valence-electron chi connectivity index (χ4n) is 2.88. The summed E-state index contributed by atoms with van der Waals surface area (Å²) in [6.07, 6.45) is 5.79. The largest absolute Gasteiger partial charge is 0.330 e. The van der Waals surface area contributed by atoms with Gasteiger partial charge in [0.15, 0.2) is 0 Å². The van der Waals surface area contributed by atoms with Gasteiger partial charge >= 0.3 is 0 Å². The van der Waals surface area contributed by atoms with Crippen LogP contribution in [-0.4, -0.2) is 27.0 Å². The molecule has 2 aliphatic rings. The quantitative estimate of drug-likeness (QED) is 0.757. The molecule has 0 radical (unpaired) electrons. The normalized spacial score (nSPS) is 41.0. The van der Waals surface area contributed by atoms with Crippen molar-refractivity contribution in [2.75, 3.05) is 18.6 Å². The van der Waals surface area contributed by atoms with Crippen LogP contribution in [0, 0.1) is 17.3 Å².